The molecule has 0 aliphatic rings. The SMILES string of the molecule is COc1cc(C(=O)Nc2c(C)cccc2-c2nc(C(C)C)no2)cc(OC)c1OCc1ccccc1. The molecule has 0 radical (unpaired) electrons. The van der Waals surface area contributed by atoms with Crippen molar-refractivity contribution in [2.75, 3.05) is 19.5 Å². The van der Waals surface area contributed by atoms with Gasteiger partial charge in [-0.1, -0.05) is 61.5 Å². The molecular weight excluding hydrogens is 458 g/mol. The molecule has 1 heterocycles. The highest BCUT2D eigenvalue weighted by molar-refractivity contribution is 6.07. The van der Waals surface area contributed by atoms with Crippen LogP contribution in [0.1, 0.15) is 47.1 Å². The summed E-state index contributed by atoms with van der Waals surface area (Å²) in [6, 6.07) is 18.6. The second-order valence-corrected chi connectivity index (χ2v) is 8.55. The van der Waals surface area contributed by atoms with Crippen LogP contribution < -0.4 is 19.5 Å². The predicted molar refractivity (Wildman–Crippen MR) is 137 cm³/mol. The quantitative estimate of drug-likeness (QED) is 0.308. The van der Waals surface area contributed by atoms with Crippen molar-refractivity contribution < 1.29 is 23.5 Å². The Bertz CT molecular complexity index is 1320. The van der Waals surface area contributed by atoms with Crippen LogP contribution in [0.2, 0.25) is 0 Å². The van der Waals surface area contributed by atoms with Crippen molar-refractivity contribution in [3.63, 3.8) is 0 Å². The molecular formula is C28H29N3O5. The van der Waals surface area contributed by atoms with Gasteiger partial charge >= 0.3 is 0 Å². The van der Waals surface area contributed by atoms with Crippen LogP contribution in [0, 0.1) is 6.92 Å². The van der Waals surface area contributed by atoms with E-state index in [1.807, 2.05) is 69.3 Å². The smallest absolute Gasteiger partial charge is 0.260 e. The number of hydrogen-bond donors (Lipinski definition) is 1. The fourth-order valence-corrected chi connectivity index (χ4v) is 3.66. The summed E-state index contributed by atoms with van der Waals surface area (Å²) in [4.78, 5) is 17.8. The van der Waals surface area contributed by atoms with E-state index >= 15 is 0 Å². The highest BCUT2D eigenvalue weighted by Gasteiger charge is 2.21. The Labute approximate surface area is 210 Å². The van der Waals surface area contributed by atoms with Crippen molar-refractivity contribution >= 4 is 11.6 Å². The van der Waals surface area contributed by atoms with Crippen LogP contribution in [-0.2, 0) is 6.61 Å². The van der Waals surface area contributed by atoms with Crippen molar-refractivity contribution in [3.05, 3.63) is 83.2 Å². The third kappa shape index (κ3) is 5.33. The highest BCUT2D eigenvalue weighted by Crippen LogP contribution is 2.39. The lowest BCUT2D eigenvalue weighted by Gasteiger charge is -2.17. The van der Waals surface area contributed by atoms with Crippen molar-refractivity contribution in [1.29, 1.82) is 0 Å². The number of rotatable bonds is 9. The maximum atomic E-state index is 13.4. The molecule has 0 aliphatic heterocycles. The molecule has 4 rings (SSSR count). The van der Waals surface area contributed by atoms with Gasteiger partial charge in [-0.05, 0) is 36.2 Å². The summed E-state index contributed by atoms with van der Waals surface area (Å²) < 4.78 is 22.6. The van der Waals surface area contributed by atoms with E-state index < -0.39 is 0 Å². The number of amides is 1. The van der Waals surface area contributed by atoms with Crippen LogP contribution in [0.5, 0.6) is 17.2 Å². The van der Waals surface area contributed by atoms with Gasteiger partial charge in [0.15, 0.2) is 17.3 Å². The lowest BCUT2D eigenvalue weighted by atomic mass is 10.1. The molecule has 1 aromatic heterocycles. The third-order valence-electron chi connectivity index (χ3n) is 5.65. The van der Waals surface area contributed by atoms with E-state index in [1.165, 1.54) is 14.2 Å². The lowest BCUT2D eigenvalue weighted by Crippen LogP contribution is -2.14. The van der Waals surface area contributed by atoms with E-state index in [4.69, 9.17) is 18.7 Å². The van der Waals surface area contributed by atoms with Crippen LogP contribution in [0.4, 0.5) is 5.69 Å². The summed E-state index contributed by atoms with van der Waals surface area (Å²) in [6.45, 7) is 6.21. The van der Waals surface area contributed by atoms with Crippen molar-refractivity contribution in [1.82, 2.24) is 10.1 Å². The molecule has 3 aromatic carbocycles. The Morgan fingerprint density at radius 2 is 1.69 bits per heavy atom. The maximum Gasteiger partial charge on any atom is 0.260 e. The average molecular weight is 488 g/mol. The summed E-state index contributed by atoms with van der Waals surface area (Å²) in [5, 5.41) is 7.04. The highest BCUT2D eigenvalue weighted by atomic mass is 16.5. The standard InChI is InChI=1S/C28H29N3O5/c1-17(2)26-30-28(36-31-26)21-13-9-10-18(3)24(21)29-27(32)20-14-22(33-4)25(23(15-20)34-5)35-16-19-11-7-6-8-12-19/h6-15,17H,16H2,1-5H3,(H,29,32). The van der Waals surface area contributed by atoms with E-state index in [0.29, 0.717) is 52.4 Å². The Balaban J connectivity index is 1.63. The van der Waals surface area contributed by atoms with Gasteiger partial charge in [-0.15, -0.1) is 0 Å². The summed E-state index contributed by atoms with van der Waals surface area (Å²) >= 11 is 0. The molecule has 0 spiro atoms. The van der Waals surface area contributed by atoms with Gasteiger partial charge in [0, 0.05) is 11.5 Å². The molecule has 1 N–H and O–H groups in total. The number of carbonyl (C=O) groups excluding carboxylic acids is 1. The normalized spacial score (nSPS) is 10.8. The number of benzene rings is 3. The Hall–Kier alpha value is -4.33. The van der Waals surface area contributed by atoms with Gasteiger partial charge in [-0.25, -0.2) is 0 Å². The molecule has 186 valence electrons. The van der Waals surface area contributed by atoms with Crippen molar-refractivity contribution in [2.24, 2.45) is 0 Å². The summed E-state index contributed by atoms with van der Waals surface area (Å²) in [7, 11) is 3.04. The molecule has 0 atom stereocenters. The summed E-state index contributed by atoms with van der Waals surface area (Å²) in [6.07, 6.45) is 0. The Morgan fingerprint density at radius 3 is 2.31 bits per heavy atom. The number of carbonyl (C=O) groups is 1. The summed E-state index contributed by atoms with van der Waals surface area (Å²) in [5.41, 5.74) is 3.43. The monoisotopic (exact) mass is 487 g/mol. The zero-order valence-corrected chi connectivity index (χ0v) is 21.0. The molecule has 8 nitrogen and oxygen atoms in total. The van der Waals surface area contributed by atoms with Crippen LogP contribution >= 0.6 is 0 Å². The minimum atomic E-state index is -0.347. The van der Waals surface area contributed by atoms with Gasteiger partial charge in [-0.2, -0.15) is 4.98 Å². The second kappa shape index (κ2) is 10.9. The largest absolute Gasteiger partial charge is 0.493 e. The molecule has 8 heteroatoms. The van der Waals surface area contributed by atoms with Gasteiger partial charge in [0.1, 0.15) is 6.61 Å². The van der Waals surface area contributed by atoms with Crippen LogP contribution in [0.25, 0.3) is 11.5 Å². The molecule has 0 aliphatic carbocycles. The van der Waals surface area contributed by atoms with E-state index in [1.54, 1.807) is 12.1 Å². The van der Waals surface area contributed by atoms with E-state index in [-0.39, 0.29) is 11.8 Å². The molecule has 0 fully saturated rings. The first kappa shape index (κ1) is 24.8. The molecule has 0 saturated heterocycles. The number of nitrogens with one attached hydrogen (secondary N) is 1. The molecule has 0 bridgehead atoms. The average Bonchev–Trinajstić information content (AvgIpc) is 3.39. The van der Waals surface area contributed by atoms with E-state index in [9.17, 15) is 4.79 Å². The second-order valence-electron chi connectivity index (χ2n) is 8.55. The predicted octanol–water partition coefficient (Wildman–Crippen LogP) is 6.02. The lowest BCUT2D eigenvalue weighted by molar-refractivity contribution is 0.102. The van der Waals surface area contributed by atoms with E-state index in [2.05, 4.69) is 15.5 Å². The molecule has 0 saturated carbocycles. The van der Waals surface area contributed by atoms with Crippen LogP contribution in [0.15, 0.2) is 65.2 Å². The zero-order valence-electron chi connectivity index (χ0n) is 21.0. The van der Waals surface area contributed by atoms with E-state index in [0.717, 1.165) is 11.1 Å². The Kier molecular flexibility index (Phi) is 7.53. The number of aromatic nitrogens is 2. The first-order valence-corrected chi connectivity index (χ1v) is 11.6. The number of methoxy groups -OCH3 is 2. The first-order valence-electron chi connectivity index (χ1n) is 11.6. The van der Waals surface area contributed by atoms with Gasteiger partial charge in [0.25, 0.3) is 11.8 Å². The maximum absolute atomic E-state index is 13.4. The number of hydrogen-bond acceptors (Lipinski definition) is 7. The fraction of sp³-hybridized carbons (Fsp3) is 0.250. The topological polar surface area (TPSA) is 95.7 Å². The third-order valence-corrected chi connectivity index (χ3v) is 5.65. The van der Waals surface area contributed by atoms with Gasteiger partial charge in [0.05, 0.1) is 25.5 Å². The summed E-state index contributed by atoms with van der Waals surface area (Å²) in [5.74, 6) is 1.91. The minimum absolute atomic E-state index is 0.118. The van der Waals surface area contributed by atoms with Crippen molar-refractivity contribution in [2.45, 2.75) is 33.3 Å². The first-order chi connectivity index (χ1) is 17.4. The van der Waals surface area contributed by atoms with Gasteiger partial charge in [0.2, 0.25) is 5.75 Å². The van der Waals surface area contributed by atoms with Gasteiger partial charge < -0.3 is 24.1 Å². The van der Waals surface area contributed by atoms with Crippen LogP contribution in [0.3, 0.4) is 0 Å². The minimum Gasteiger partial charge on any atom is -0.493 e. The number of ether oxygens (including phenoxy) is 3. The number of aryl methyl sites for hydroxylation is 1. The fourth-order valence-electron chi connectivity index (χ4n) is 3.66. The van der Waals surface area contributed by atoms with Crippen molar-refractivity contribution in [3.8, 4) is 28.7 Å². The number of para-hydroxylation sites is 1. The zero-order chi connectivity index (χ0) is 25.7. The van der Waals surface area contributed by atoms with Gasteiger partial charge in [-0.3, -0.25) is 4.79 Å². The molecule has 0 unspecified atom stereocenters. The molecule has 4 aromatic rings. The molecule has 1 amide bonds. The molecule has 36 heavy (non-hydrogen) atoms. The Morgan fingerprint density at radius 1 is 1.00 bits per heavy atom. The van der Waals surface area contributed by atoms with Crippen LogP contribution in [-0.4, -0.2) is 30.3 Å². The number of anilines is 1. The number of nitrogens with zero attached hydrogens (tertiary/aromatic N) is 2.